The quantitative estimate of drug-likeness (QED) is 0.520. The first-order chi connectivity index (χ1) is 13.0. The number of amides is 1. The zero-order valence-electron chi connectivity index (χ0n) is 14.3. The van der Waals surface area contributed by atoms with Gasteiger partial charge in [-0.25, -0.2) is 4.98 Å². The van der Waals surface area contributed by atoms with Crippen LogP contribution in [0.1, 0.15) is 16.8 Å². The van der Waals surface area contributed by atoms with Crippen molar-refractivity contribution in [3.8, 4) is 0 Å². The third-order valence-corrected chi connectivity index (χ3v) is 6.25. The molecule has 8 heteroatoms. The van der Waals surface area contributed by atoms with Gasteiger partial charge in [0.05, 0.1) is 10.2 Å². The zero-order valence-corrected chi connectivity index (χ0v) is 17.4. The van der Waals surface area contributed by atoms with Crippen LogP contribution in [-0.4, -0.2) is 42.0 Å². The molecule has 0 saturated carbocycles. The van der Waals surface area contributed by atoms with Gasteiger partial charge in [-0.15, -0.1) is 0 Å². The molecule has 0 aliphatic carbocycles. The van der Waals surface area contributed by atoms with Crippen LogP contribution in [0.2, 0.25) is 15.1 Å². The SMILES string of the molecule is O=C(c1cc(Cl)cc(Cl)c1)N1CCCN(c2nc3ccc(Cl)cc3s2)CC1. The molecule has 4 nitrogen and oxygen atoms in total. The largest absolute Gasteiger partial charge is 0.346 e. The van der Waals surface area contributed by atoms with E-state index in [1.165, 1.54) is 0 Å². The number of hydrogen-bond donors (Lipinski definition) is 0. The Bertz CT molecular complexity index is 987. The summed E-state index contributed by atoms with van der Waals surface area (Å²) in [6.07, 6.45) is 0.872. The van der Waals surface area contributed by atoms with E-state index in [1.54, 1.807) is 29.5 Å². The van der Waals surface area contributed by atoms with Gasteiger partial charge < -0.3 is 9.80 Å². The number of hydrogen-bond acceptors (Lipinski definition) is 4. The van der Waals surface area contributed by atoms with E-state index in [-0.39, 0.29) is 5.91 Å². The highest BCUT2D eigenvalue weighted by Crippen LogP contribution is 2.31. The lowest BCUT2D eigenvalue weighted by atomic mass is 10.2. The van der Waals surface area contributed by atoms with Crippen molar-refractivity contribution in [1.29, 1.82) is 0 Å². The van der Waals surface area contributed by atoms with Crippen molar-refractivity contribution < 1.29 is 4.79 Å². The third-order valence-electron chi connectivity index (χ3n) is 4.50. The number of benzene rings is 2. The summed E-state index contributed by atoms with van der Waals surface area (Å²) in [4.78, 5) is 21.6. The molecule has 0 bridgehead atoms. The maximum atomic E-state index is 12.8. The highest BCUT2D eigenvalue weighted by Gasteiger charge is 2.22. The lowest BCUT2D eigenvalue weighted by Gasteiger charge is -2.22. The van der Waals surface area contributed by atoms with Crippen molar-refractivity contribution >= 4 is 67.4 Å². The molecule has 0 atom stereocenters. The molecule has 4 rings (SSSR count). The first-order valence-corrected chi connectivity index (χ1v) is 10.5. The fourth-order valence-electron chi connectivity index (χ4n) is 3.19. The number of aromatic nitrogens is 1. The Morgan fingerprint density at radius 1 is 0.926 bits per heavy atom. The van der Waals surface area contributed by atoms with Crippen LogP contribution in [0.15, 0.2) is 36.4 Å². The number of carbonyl (C=O) groups excluding carboxylic acids is 1. The van der Waals surface area contributed by atoms with Gasteiger partial charge in [-0.2, -0.15) is 0 Å². The summed E-state index contributed by atoms with van der Waals surface area (Å²) in [6.45, 7) is 2.90. The maximum Gasteiger partial charge on any atom is 0.254 e. The highest BCUT2D eigenvalue weighted by molar-refractivity contribution is 7.22. The van der Waals surface area contributed by atoms with E-state index in [0.29, 0.717) is 33.7 Å². The Morgan fingerprint density at radius 2 is 1.70 bits per heavy atom. The first-order valence-electron chi connectivity index (χ1n) is 8.56. The Hall–Kier alpha value is -1.53. The fraction of sp³-hybridized carbons (Fsp3) is 0.263. The van der Waals surface area contributed by atoms with Crippen molar-refractivity contribution in [2.24, 2.45) is 0 Å². The van der Waals surface area contributed by atoms with Gasteiger partial charge in [0.2, 0.25) is 0 Å². The molecular formula is C19H16Cl3N3OS. The van der Waals surface area contributed by atoms with Gasteiger partial charge in [0, 0.05) is 46.8 Å². The Kier molecular flexibility index (Phi) is 5.46. The number of fused-ring (bicyclic) bond motifs is 1. The van der Waals surface area contributed by atoms with Gasteiger partial charge >= 0.3 is 0 Å². The molecule has 140 valence electrons. The molecule has 1 aliphatic rings. The molecule has 1 aromatic heterocycles. The van der Waals surface area contributed by atoms with Gasteiger partial charge in [0.15, 0.2) is 5.13 Å². The van der Waals surface area contributed by atoms with Gasteiger partial charge in [-0.05, 0) is 42.8 Å². The number of halogens is 3. The fourth-order valence-corrected chi connectivity index (χ4v) is 5.01. The van der Waals surface area contributed by atoms with Gasteiger partial charge in [-0.1, -0.05) is 46.1 Å². The molecule has 1 aliphatic heterocycles. The Morgan fingerprint density at radius 3 is 2.48 bits per heavy atom. The predicted molar refractivity (Wildman–Crippen MR) is 114 cm³/mol. The van der Waals surface area contributed by atoms with Gasteiger partial charge in [0.25, 0.3) is 5.91 Å². The van der Waals surface area contributed by atoms with E-state index in [4.69, 9.17) is 39.8 Å². The second-order valence-electron chi connectivity index (χ2n) is 6.40. The van der Waals surface area contributed by atoms with Crippen molar-refractivity contribution in [1.82, 2.24) is 9.88 Å². The lowest BCUT2D eigenvalue weighted by Crippen LogP contribution is -2.35. The minimum absolute atomic E-state index is 0.0441. The van der Waals surface area contributed by atoms with Crippen LogP contribution in [0.25, 0.3) is 10.2 Å². The molecule has 0 spiro atoms. The molecule has 2 aromatic carbocycles. The molecule has 1 saturated heterocycles. The predicted octanol–water partition coefficient (Wildman–Crippen LogP) is 5.61. The van der Waals surface area contributed by atoms with E-state index in [2.05, 4.69) is 4.90 Å². The summed E-state index contributed by atoms with van der Waals surface area (Å²) >= 11 is 19.8. The van der Waals surface area contributed by atoms with E-state index in [9.17, 15) is 4.79 Å². The van der Waals surface area contributed by atoms with Crippen molar-refractivity contribution in [3.05, 3.63) is 57.0 Å². The third kappa shape index (κ3) is 4.16. The molecular weight excluding hydrogens is 425 g/mol. The highest BCUT2D eigenvalue weighted by atomic mass is 35.5. The smallest absolute Gasteiger partial charge is 0.254 e. The van der Waals surface area contributed by atoms with Crippen molar-refractivity contribution in [2.75, 3.05) is 31.1 Å². The first kappa shape index (κ1) is 18.8. The molecule has 3 aromatic rings. The summed E-state index contributed by atoms with van der Waals surface area (Å²) < 4.78 is 1.07. The molecule has 2 heterocycles. The normalized spacial score (nSPS) is 15.2. The molecule has 0 radical (unpaired) electrons. The monoisotopic (exact) mass is 439 g/mol. The molecule has 1 amide bonds. The maximum absolute atomic E-state index is 12.8. The summed E-state index contributed by atoms with van der Waals surface area (Å²) in [5.41, 5.74) is 1.47. The van der Waals surface area contributed by atoms with Crippen LogP contribution in [0, 0.1) is 0 Å². The number of anilines is 1. The second kappa shape index (κ2) is 7.84. The van der Waals surface area contributed by atoms with Crippen molar-refractivity contribution in [2.45, 2.75) is 6.42 Å². The molecule has 27 heavy (non-hydrogen) atoms. The summed E-state index contributed by atoms with van der Waals surface area (Å²) in [5, 5.41) is 2.61. The van der Waals surface area contributed by atoms with E-state index in [0.717, 1.165) is 34.9 Å². The van der Waals surface area contributed by atoms with Crippen LogP contribution in [0.3, 0.4) is 0 Å². The van der Waals surface area contributed by atoms with Crippen LogP contribution >= 0.6 is 46.1 Å². The van der Waals surface area contributed by atoms with E-state index in [1.807, 2.05) is 23.1 Å². The minimum atomic E-state index is -0.0441. The lowest BCUT2D eigenvalue weighted by molar-refractivity contribution is 0.0767. The zero-order chi connectivity index (χ0) is 19.0. The molecule has 0 N–H and O–H groups in total. The summed E-state index contributed by atoms with van der Waals surface area (Å²) in [5.74, 6) is -0.0441. The Balaban J connectivity index is 1.50. The molecule has 0 unspecified atom stereocenters. The molecule has 1 fully saturated rings. The summed E-state index contributed by atoms with van der Waals surface area (Å²) in [6, 6.07) is 10.7. The average molecular weight is 441 g/mol. The number of nitrogens with zero attached hydrogens (tertiary/aromatic N) is 3. The minimum Gasteiger partial charge on any atom is -0.346 e. The Labute approximate surface area is 176 Å². The standard InChI is InChI=1S/C19H16Cl3N3OS/c20-13-2-3-16-17(11-13)27-19(23-16)25-5-1-4-24(6-7-25)18(26)12-8-14(21)10-15(22)9-12/h2-3,8-11H,1,4-7H2. The van der Waals surface area contributed by atoms with Gasteiger partial charge in [-0.3, -0.25) is 4.79 Å². The average Bonchev–Trinajstić information content (AvgIpc) is 2.88. The van der Waals surface area contributed by atoms with Gasteiger partial charge in [0.1, 0.15) is 0 Å². The van der Waals surface area contributed by atoms with E-state index >= 15 is 0 Å². The topological polar surface area (TPSA) is 36.4 Å². The van der Waals surface area contributed by atoms with E-state index < -0.39 is 0 Å². The van der Waals surface area contributed by atoms with Crippen LogP contribution < -0.4 is 4.90 Å². The second-order valence-corrected chi connectivity index (χ2v) is 8.72. The van der Waals surface area contributed by atoms with Crippen molar-refractivity contribution in [3.63, 3.8) is 0 Å². The number of carbonyl (C=O) groups is 1. The van der Waals surface area contributed by atoms with Crippen LogP contribution in [0.5, 0.6) is 0 Å². The summed E-state index contributed by atoms with van der Waals surface area (Å²) in [7, 11) is 0. The van der Waals surface area contributed by atoms with Crippen LogP contribution in [0.4, 0.5) is 5.13 Å². The van der Waals surface area contributed by atoms with Crippen LogP contribution in [-0.2, 0) is 0 Å². The number of thiazole rings is 1. The number of rotatable bonds is 2.